The maximum Gasteiger partial charge on any atom is 0.283 e. The number of fused-ring (bicyclic) bond motifs is 1. The Morgan fingerprint density at radius 2 is 1.72 bits per heavy atom. The van der Waals surface area contributed by atoms with Crippen LogP contribution in [0.5, 0.6) is 0 Å². The molecule has 1 saturated heterocycles. The van der Waals surface area contributed by atoms with Crippen LogP contribution in [0.3, 0.4) is 0 Å². The van der Waals surface area contributed by atoms with E-state index in [9.17, 15) is 29.8 Å². The molecule has 0 unspecified atom stereocenters. The first-order valence-electron chi connectivity index (χ1n) is 13.8. The normalized spacial score (nSPS) is 14.5. The number of amides is 2. The molecule has 0 bridgehead atoms. The number of hydrogen-bond donors (Lipinski definition) is 2. The highest BCUT2D eigenvalue weighted by Crippen LogP contribution is 2.40. The molecular weight excluding hydrogens is 661 g/mol. The summed E-state index contributed by atoms with van der Waals surface area (Å²) in [4.78, 5) is 57.1. The Morgan fingerprint density at radius 1 is 0.957 bits per heavy atom. The number of benzene rings is 4. The first-order chi connectivity index (χ1) is 22.5. The molecule has 1 aliphatic heterocycles. The summed E-state index contributed by atoms with van der Waals surface area (Å²) in [6, 6.07) is 21.8. The summed E-state index contributed by atoms with van der Waals surface area (Å²) in [5.41, 5.74) is 3.89. The van der Waals surface area contributed by atoms with E-state index in [-0.39, 0.29) is 27.4 Å². The fraction of sp³-hybridized carbons (Fsp3) is 0.0625. The quantitative estimate of drug-likeness (QED) is 0.0934. The Labute approximate surface area is 279 Å². The van der Waals surface area contributed by atoms with Gasteiger partial charge in [-0.3, -0.25) is 29.8 Å². The number of anilines is 1. The van der Waals surface area contributed by atoms with Gasteiger partial charge in [-0.1, -0.05) is 41.6 Å². The number of amidine groups is 1. The van der Waals surface area contributed by atoms with Crippen LogP contribution in [-0.4, -0.2) is 31.8 Å². The molecule has 5 aromatic rings. The first-order valence-corrected chi connectivity index (χ1v) is 16.3. The van der Waals surface area contributed by atoms with Crippen molar-refractivity contribution in [1.29, 1.82) is 0 Å². The van der Waals surface area contributed by atoms with Crippen LogP contribution in [0, 0.1) is 34.1 Å². The molecule has 1 aliphatic rings. The second kappa shape index (κ2) is 13.2. The fourth-order valence-electron chi connectivity index (χ4n) is 4.49. The largest absolute Gasteiger partial charge is 0.322 e. The zero-order valence-corrected chi connectivity index (χ0v) is 27.0. The van der Waals surface area contributed by atoms with Crippen molar-refractivity contribution in [1.82, 2.24) is 10.3 Å². The lowest BCUT2D eigenvalue weighted by Gasteiger charge is -2.05. The number of nitro benzene ring substituents is 2. The predicted molar refractivity (Wildman–Crippen MR) is 185 cm³/mol. The number of nitro groups is 2. The molecule has 0 saturated carbocycles. The van der Waals surface area contributed by atoms with E-state index >= 15 is 0 Å². The fourth-order valence-corrected chi connectivity index (χ4v) is 7.48. The second-order valence-corrected chi connectivity index (χ2v) is 13.6. The average molecular weight is 683 g/mol. The van der Waals surface area contributed by atoms with E-state index < -0.39 is 15.8 Å². The summed E-state index contributed by atoms with van der Waals surface area (Å²) in [6.07, 6.45) is 1.52. The molecule has 47 heavy (non-hydrogen) atoms. The van der Waals surface area contributed by atoms with Crippen molar-refractivity contribution in [2.75, 3.05) is 5.32 Å². The monoisotopic (exact) mass is 682 g/mol. The zero-order chi connectivity index (χ0) is 33.2. The molecular formula is C32H22N6O6S3. The molecule has 0 radical (unpaired) electrons. The summed E-state index contributed by atoms with van der Waals surface area (Å²) in [7, 11) is 0. The highest BCUT2D eigenvalue weighted by Gasteiger charge is 2.25. The van der Waals surface area contributed by atoms with Gasteiger partial charge in [0.2, 0.25) is 0 Å². The van der Waals surface area contributed by atoms with Gasteiger partial charge in [0.25, 0.3) is 23.2 Å². The number of nitrogens with zero attached hydrogens (tertiary/aromatic N) is 4. The molecule has 2 N–H and O–H groups in total. The van der Waals surface area contributed by atoms with Crippen LogP contribution in [0.4, 0.5) is 22.7 Å². The van der Waals surface area contributed by atoms with Gasteiger partial charge < -0.3 is 10.6 Å². The van der Waals surface area contributed by atoms with Crippen molar-refractivity contribution in [2.45, 2.75) is 23.1 Å². The van der Waals surface area contributed by atoms with Crippen molar-refractivity contribution < 1.29 is 19.4 Å². The topological polar surface area (TPSA) is 170 Å². The van der Waals surface area contributed by atoms with Crippen LogP contribution in [0.2, 0.25) is 0 Å². The third-order valence-electron chi connectivity index (χ3n) is 6.89. The molecule has 4 aromatic carbocycles. The van der Waals surface area contributed by atoms with Crippen LogP contribution in [0.15, 0.2) is 98.0 Å². The molecule has 6 rings (SSSR count). The molecule has 2 amide bonds. The van der Waals surface area contributed by atoms with Crippen LogP contribution in [-0.2, 0) is 4.79 Å². The van der Waals surface area contributed by atoms with Gasteiger partial charge in [-0.05, 0) is 79.7 Å². The van der Waals surface area contributed by atoms with Gasteiger partial charge in [-0.25, -0.2) is 9.98 Å². The summed E-state index contributed by atoms with van der Waals surface area (Å²) >= 11 is 3.52. The molecule has 234 valence electrons. The lowest BCUT2D eigenvalue weighted by molar-refractivity contribution is -0.387. The van der Waals surface area contributed by atoms with Crippen molar-refractivity contribution in [3.8, 4) is 0 Å². The average Bonchev–Trinajstić information content (AvgIpc) is 3.59. The number of carbonyl (C=O) groups is 2. The second-order valence-electron chi connectivity index (χ2n) is 10.3. The summed E-state index contributed by atoms with van der Waals surface area (Å²) in [5, 5.41) is 29.0. The summed E-state index contributed by atoms with van der Waals surface area (Å²) < 4.78 is 1.39. The number of aromatic nitrogens is 1. The lowest BCUT2D eigenvalue weighted by atomic mass is 10.1. The highest BCUT2D eigenvalue weighted by molar-refractivity contribution is 8.18. The van der Waals surface area contributed by atoms with E-state index in [0.29, 0.717) is 42.8 Å². The number of rotatable bonds is 8. The Hall–Kier alpha value is -5.38. The number of aliphatic imine (C=N–C) groups is 1. The summed E-state index contributed by atoms with van der Waals surface area (Å²) in [6.45, 7) is 3.57. The van der Waals surface area contributed by atoms with Gasteiger partial charge in [0.1, 0.15) is 0 Å². The Balaban J connectivity index is 1.19. The first kappa shape index (κ1) is 31.6. The van der Waals surface area contributed by atoms with Crippen molar-refractivity contribution >= 4 is 90.9 Å². The minimum atomic E-state index is -0.498. The van der Waals surface area contributed by atoms with Crippen LogP contribution in [0.25, 0.3) is 16.3 Å². The van der Waals surface area contributed by atoms with Gasteiger partial charge in [-0.2, -0.15) is 0 Å². The zero-order valence-electron chi connectivity index (χ0n) is 24.5. The molecule has 1 fully saturated rings. The van der Waals surface area contributed by atoms with E-state index in [1.807, 2.05) is 25.1 Å². The molecule has 15 heteroatoms. The van der Waals surface area contributed by atoms with E-state index in [1.54, 1.807) is 55.5 Å². The summed E-state index contributed by atoms with van der Waals surface area (Å²) in [5.74, 6) is -0.677. The smallest absolute Gasteiger partial charge is 0.283 e. The van der Waals surface area contributed by atoms with Gasteiger partial charge in [0.05, 0.1) is 35.6 Å². The van der Waals surface area contributed by atoms with Crippen LogP contribution in [0.1, 0.15) is 27.0 Å². The van der Waals surface area contributed by atoms with Crippen LogP contribution >= 0.6 is 34.9 Å². The number of thiazole rings is 1. The Bertz CT molecular complexity index is 2180. The Morgan fingerprint density at radius 3 is 2.47 bits per heavy atom. The number of aryl methyl sites for hydroxylation is 2. The van der Waals surface area contributed by atoms with Gasteiger partial charge >= 0.3 is 0 Å². The predicted octanol–water partition coefficient (Wildman–Crippen LogP) is 8.02. The molecule has 0 atom stereocenters. The maximum atomic E-state index is 12.7. The van der Waals surface area contributed by atoms with Crippen molar-refractivity contribution in [3.05, 3.63) is 126 Å². The van der Waals surface area contributed by atoms with Gasteiger partial charge in [0, 0.05) is 28.9 Å². The van der Waals surface area contributed by atoms with Gasteiger partial charge in [0.15, 0.2) is 9.51 Å². The highest BCUT2D eigenvalue weighted by atomic mass is 32.2. The van der Waals surface area contributed by atoms with Crippen molar-refractivity contribution in [3.63, 3.8) is 0 Å². The van der Waals surface area contributed by atoms with Crippen LogP contribution < -0.4 is 10.6 Å². The standard InChI is InChI=1S/C32H22N6O6S3/c1-17-3-7-20(8-4-17)29(39)33-22-10-11-23-27(16-22)47-32(35-23)46-26-12-6-19(13-25(26)38(43)44)14-28-30(40)36-31(45-28)34-21-9-5-18(2)24(15-21)37(41)42/h3-16H,1-2H3,(H,33,39)(H,34,36,40)/b28-14-. The number of thioether (sulfide) groups is 1. The Kier molecular flexibility index (Phi) is 8.84. The number of nitrogens with one attached hydrogen (secondary N) is 2. The molecule has 2 heterocycles. The molecule has 0 aliphatic carbocycles. The number of carbonyl (C=O) groups excluding carboxylic acids is 2. The van der Waals surface area contributed by atoms with E-state index in [2.05, 4.69) is 20.6 Å². The molecule has 1 aromatic heterocycles. The van der Waals surface area contributed by atoms with Gasteiger partial charge in [-0.15, -0.1) is 11.3 Å². The maximum absolute atomic E-state index is 12.7. The minimum Gasteiger partial charge on any atom is -0.322 e. The minimum absolute atomic E-state index is 0.0832. The third kappa shape index (κ3) is 7.22. The molecule has 0 spiro atoms. The SMILES string of the molecule is Cc1ccc(C(=O)Nc2ccc3nc(Sc4ccc(/C=C5\SC(=Nc6ccc(C)c([N+](=O)[O-])c6)NC5=O)cc4[N+](=O)[O-])sc3c2)cc1. The van der Waals surface area contributed by atoms with Crippen molar-refractivity contribution in [2.24, 2.45) is 4.99 Å². The van der Waals surface area contributed by atoms with E-state index in [4.69, 9.17) is 0 Å². The molecule has 12 nitrogen and oxygen atoms in total. The van der Waals surface area contributed by atoms with E-state index in [0.717, 1.165) is 33.8 Å². The number of hydrogen-bond acceptors (Lipinski definition) is 11. The lowest BCUT2D eigenvalue weighted by Crippen LogP contribution is -2.19. The van der Waals surface area contributed by atoms with E-state index in [1.165, 1.54) is 29.5 Å². The third-order valence-corrected chi connectivity index (χ3v) is 9.94.